The molecule has 0 atom stereocenters. The first kappa shape index (κ1) is 10.6. The second kappa shape index (κ2) is 4.04. The second-order valence-corrected chi connectivity index (χ2v) is 5.36. The molecule has 0 spiro atoms. The smallest absolute Gasteiger partial charge is 0.127 e. The third-order valence-corrected chi connectivity index (χ3v) is 4.22. The van der Waals surface area contributed by atoms with Crippen molar-refractivity contribution in [3.05, 3.63) is 29.5 Å². The van der Waals surface area contributed by atoms with E-state index in [0.717, 1.165) is 34.8 Å². The number of rotatable bonds is 1. The fourth-order valence-corrected chi connectivity index (χ4v) is 3.18. The summed E-state index contributed by atoms with van der Waals surface area (Å²) in [5.41, 5.74) is 10.3. The van der Waals surface area contributed by atoms with Crippen LogP contribution in [0.15, 0.2) is 18.2 Å². The van der Waals surface area contributed by atoms with Crippen LogP contribution in [0.4, 0.5) is 10.7 Å². The fraction of sp³-hybridized carbons (Fsp3) is 0.308. The van der Waals surface area contributed by atoms with Crippen LogP contribution in [0.25, 0.3) is 10.6 Å². The van der Waals surface area contributed by atoms with Crippen molar-refractivity contribution in [1.29, 1.82) is 0 Å². The van der Waals surface area contributed by atoms with Gasteiger partial charge in [-0.15, -0.1) is 0 Å². The number of hydrogen-bond donors (Lipinski definition) is 2. The van der Waals surface area contributed by atoms with E-state index in [4.69, 9.17) is 10.7 Å². The summed E-state index contributed by atoms with van der Waals surface area (Å²) in [5, 5.41) is 5.65. The van der Waals surface area contributed by atoms with Crippen LogP contribution < -0.4 is 11.1 Å². The van der Waals surface area contributed by atoms with Crippen LogP contribution in [0.5, 0.6) is 0 Å². The number of aromatic nitrogens is 1. The molecule has 1 aromatic heterocycles. The summed E-state index contributed by atoms with van der Waals surface area (Å²) in [7, 11) is 0. The van der Waals surface area contributed by atoms with Crippen molar-refractivity contribution >= 4 is 22.0 Å². The summed E-state index contributed by atoms with van der Waals surface area (Å²) < 4.78 is 0. The molecule has 3 rings (SSSR count). The molecule has 3 nitrogen and oxygen atoms in total. The number of anilines is 2. The van der Waals surface area contributed by atoms with Gasteiger partial charge >= 0.3 is 0 Å². The standard InChI is InChI=1S/C13H15N3S/c1-8-4-2-5-9(11(8)14)12-16-10-6-3-7-15-13(10)17-12/h2,4-5,15H,3,6-7,14H2,1H3. The molecule has 88 valence electrons. The molecule has 0 unspecified atom stereocenters. The van der Waals surface area contributed by atoms with Crippen molar-refractivity contribution in [2.24, 2.45) is 0 Å². The molecule has 1 aliphatic heterocycles. The van der Waals surface area contributed by atoms with Gasteiger partial charge in [0.15, 0.2) is 0 Å². The number of hydrogen-bond acceptors (Lipinski definition) is 4. The topological polar surface area (TPSA) is 50.9 Å². The molecule has 0 amide bonds. The Morgan fingerprint density at radius 2 is 2.29 bits per heavy atom. The summed E-state index contributed by atoms with van der Waals surface area (Å²) in [4.78, 5) is 4.70. The number of para-hydroxylation sites is 1. The Hall–Kier alpha value is -1.55. The molecular formula is C13H15N3S. The van der Waals surface area contributed by atoms with Gasteiger partial charge in [-0.1, -0.05) is 23.5 Å². The van der Waals surface area contributed by atoms with Crippen LogP contribution in [0.1, 0.15) is 17.7 Å². The Balaban J connectivity index is 2.09. The van der Waals surface area contributed by atoms with E-state index < -0.39 is 0 Å². The van der Waals surface area contributed by atoms with Crippen LogP contribution in [0, 0.1) is 6.92 Å². The first-order valence-corrected chi connectivity index (χ1v) is 6.66. The number of nitrogens with zero attached hydrogens (tertiary/aromatic N) is 1. The van der Waals surface area contributed by atoms with E-state index in [9.17, 15) is 0 Å². The summed E-state index contributed by atoms with van der Waals surface area (Å²) in [6.45, 7) is 3.09. The molecular weight excluding hydrogens is 230 g/mol. The molecule has 2 heterocycles. The SMILES string of the molecule is Cc1cccc(-c2nc3c(s2)NCCC3)c1N. The van der Waals surface area contributed by atoms with Crippen molar-refractivity contribution < 1.29 is 0 Å². The second-order valence-electron chi connectivity index (χ2n) is 4.36. The highest BCUT2D eigenvalue weighted by molar-refractivity contribution is 7.19. The molecule has 3 N–H and O–H groups in total. The lowest BCUT2D eigenvalue weighted by Crippen LogP contribution is -2.09. The van der Waals surface area contributed by atoms with Gasteiger partial charge in [0, 0.05) is 17.8 Å². The minimum Gasteiger partial charge on any atom is -0.398 e. The number of nitrogen functional groups attached to an aromatic ring is 1. The molecule has 0 fully saturated rings. The zero-order chi connectivity index (χ0) is 11.8. The summed E-state index contributed by atoms with van der Waals surface area (Å²) in [6.07, 6.45) is 2.24. The van der Waals surface area contributed by atoms with Crippen LogP contribution in [-0.4, -0.2) is 11.5 Å². The molecule has 4 heteroatoms. The Morgan fingerprint density at radius 3 is 3.12 bits per heavy atom. The molecule has 17 heavy (non-hydrogen) atoms. The first-order chi connectivity index (χ1) is 8.25. The third kappa shape index (κ3) is 1.78. The van der Waals surface area contributed by atoms with E-state index in [1.165, 1.54) is 17.1 Å². The predicted octanol–water partition coefficient (Wildman–Crippen LogP) is 3.06. The zero-order valence-corrected chi connectivity index (χ0v) is 10.6. The van der Waals surface area contributed by atoms with Gasteiger partial charge in [0.05, 0.1) is 5.69 Å². The van der Waals surface area contributed by atoms with E-state index in [0.29, 0.717) is 0 Å². The van der Waals surface area contributed by atoms with Gasteiger partial charge in [-0.25, -0.2) is 4.98 Å². The highest BCUT2D eigenvalue weighted by Gasteiger charge is 2.17. The molecule has 0 bridgehead atoms. The minimum absolute atomic E-state index is 0.846. The van der Waals surface area contributed by atoms with Crippen LogP contribution in [-0.2, 0) is 6.42 Å². The maximum Gasteiger partial charge on any atom is 0.127 e. The maximum atomic E-state index is 6.12. The quantitative estimate of drug-likeness (QED) is 0.759. The van der Waals surface area contributed by atoms with Crippen LogP contribution in [0.3, 0.4) is 0 Å². The number of benzene rings is 1. The van der Waals surface area contributed by atoms with Crippen molar-refractivity contribution in [2.45, 2.75) is 19.8 Å². The Labute approximate surface area is 105 Å². The number of nitrogens with one attached hydrogen (secondary N) is 1. The normalized spacial score (nSPS) is 14.2. The van der Waals surface area contributed by atoms with Gasteiger partial charge in [0.2, 0.25) is 0 Å². The molecule has 1 aromatic carbocycles. The molecule has 1 aliphatic rings. The largest absolute Gasteiger partial charge is 0.398 e. The van der Waals surface area contributed by atoms with Crippen molar-refractivity contribution in [3.8, 4) is 10.6 Å². The zero-order valence-electron chi connectivity index (χ0n) is 9.79. The van der Waals surface area contributed by atoms with E-state index >= 15 is 0 Å². The summed E-state index contributed by atoms with van der Waals surface area (Å²) in [6, 6.07) is 6.12. The van der Waals surface area contributed by atoms with Crippen molar-refractivity contribution in [3.63, 3.8) is 0 Å². The summed E-state index contributed by atoms with van der Waals surface area (Å²) in [5.74, 6) is 0. The fourth-order valence-electron chi connectivity index (χ4n) is 2.10. The predicted molar refractivity (Wildman–Crippen MR) is 73.5 cm³/mol. The molecule has 0 saturated heterocycles. The lowest BCUT2D eigenvalue weighted by Gasteiger charge is -2.10. The maximum absolute atomic E-state index is 6.12. The van der Waals surface area contributed by atoms with Crippen molar-refractivity contribution in [2.75, 3.05) is 17.6 Å². The molecule has 0 saturated carbocycles. The average molecular weight is 245 g/mol. The first-order valence-electron chi connectivity index (χ1n) is 5.85. The third-order valence-electron chi connectivity index (χ3n) is 3.13. The molecule has 0 radical (unpaired) electrons. The van der Waals surface area contributed by atoms with Gasteiger partial charge < -0.3 is 11.1 Å². The van der Waals surface area contributed by atoms with Gasteiger partial charge in [0.25, 0.3) is 0 Å². The number of fused-ring (bicyclic) bond motifs is 1. The van der Waals surface area contributed by atoms with Crippen LogP contribution in [0.2, 0.25) is 0 Å². The van der Waals surface area contributed by atoms with E-state index in [2.05, 4.69) is 5.32 Å². The van der Waals surface area contributed by atoms with E-state index in [1.54, 1.807) is 11.3 Å². The molecule has 2 aromatic rings. The van der Waals surface area contributed by atoms with E-state index in [-0.39, 0.29) is 0 Å². The van der Waals surface area contributed by atoms with Gasteiger partial charge in [-0.05, 0) is 31.4 Å². The minimum atomic E-state index is 0.846. The number of aryl methyl sites for hydroxylation is 2. The average Bonchev–Trinajstić information content (AvgIpc) is 2.76. The highest BCUT2D eigenvalue weighted by Crippen LogP contribution is 2.37. The summed E-state index contributed by atoms with van der Waals surface area (Å²) >= 11 is 1.71. The molecule has 0 aliphatic carbocycles. The number of nitrogens with two attached hydrogens (primary N) is 1. The van der Waals surface area contributed by atoms with Gasteiger partial charge in [-0.3, -0.25) is 0 Å². The van der Waals surface area contributed by atoms with Crippen LogP contribution >= 0.6 is 11.3 Å². The van der Waals surface area contributed by atoms with Gasteiger partial charge in [-0.2, -0.15) is 0 Å². The van der Waals surface area contributed by atoms with Gasteiger partial charge in [0.1, 0.15) is 10.0 Å². The Bertz CT molecular complexity index is 536. The van der Waals surface area contributed by atoms with E-state index in [1.807, 2.05) is 25.1 Å². The highest BCUT2D eigenvalue weighted by atomic mass is 32.1. The van der Waals surface area contributed by atoms with Crippen molar-refractivity contribution in [1.82, 2.24) is 4.98 Å². The lowest BCUT2D eigenvalue weighted by atomic mass is 10.1. The Morgan fingerprint density at radius 1 is 1.41 bits per heavy atom. The Kier molecular flexibility index (Phi) is 2.52. The monoisotopic (exact) mass is 245 g/mol. The number of thiazole rings is 1. The lowest BCUT2D eigenvalue weighted by molar-refractivity contribution is 0.814.